The number of nitriles is 1. The minimum atomic E-state index is 0.523. The maximum absolute atomic E-state index is 10.6. The van der Waals surface area contributed by atoms with Crippen molar-refractivity contribution in [2.45, 2.75) is 0 Å². The molecule has 0 fully saturated rings. The molecule has 0 heterocycles. The van der Waals surface area contributed by atoms with Crippen molar-refractivity contribution in [1.82, 2.24) is 0 Å². The summed E-state index contributed by atoms with van der Waals surface area (Å²) in [4.78, 5) is 8.39. The lowest BCUT2D eigenvalue weighted by molar-refractivity contribution is 0.414. The van der Waals surface area contributed by atoms with Crippen molar-refractivity contribution in [2.24, 2.45) is 0 Å². The molecule has 0 aliphatic rings. The molecule has 8 nitrogen and oxygen atoms in total. The standard InChI is InChI=1S/C60H46N4O4/c1-62-60-56-37-15-43(8-6-41-10-16-45(17-11-41)63(47-20-28-51(65-2)29-21-47)48-22-30-52(66-3)31-23-48)38-57(56)59(40-61)55-36-14-44(39-58(55)60)9-7-42-12-18-46(19-13-42)64(49-24-32-53(67-4)33-25-49)50-26-34-54(68-5)35-27-50/h6-39H,2-5H3/b8-6+,9-7+. The third kappa shape index (κ3) is 9.17. The molecule has 9 rings (SSSR count). The summed E-state index contributed by atoms with van der Waals surface area (Å²) in [5, 5.41) is 13.6. The van der Waals surface area contributed by atoms with Gasteiger partial charge in [-0.25, -0.2) is 4.85 Å². The summed E-state index contributed by atoms with van der Waals surface area (Å²) in [5.41, 5.74) is 10.9. The van der Waals surface area contributed by atoms with Gasteiger partial charge in [-0.3, -0.25) is 0 Å². The third-order valence-corrected chi connectivity index (χ3v) is 11.9. The monoisotopic (exact) mass is 886 g/mol. The van der Waals surface area contributed by atoms with Crippen LogP contribution in [0.15, 0.2) is 182 Å². The molecule has 0 aromatic heterocycles. The molecule has 0 saturated heterocycles. The second-order valence-electron chi connectivity index (χ2n) is 15.9. The van der Waals surface area contributed by atoms with E-state index in [1.165, 1.54) is 0 Å². The molecule has 0 aliphatic heterocycles. The maximum atomic E-state index is 10.6. The molecule has 0 saturated carbocycles. The molecule has 0 atom stereocenters. The summed E-state index contributed by atoms with van der Waals surface area (Å²) < 4.78 is 21.7. The molecule has 0 aliphatic carbocycles. The number of hydrogen-bond donors (Lipinski definition) is 0. The van der Waals surface area contributed by atoms with Gasteiger partial charge in [0.1, 0.15) is 29.1 Å². The van der Waals surface area contributed by atoms with Crippen LogP contribution in [0, 0.1) is 17.9 Å². The first kappa shape index (κ1) is 44.0. The van der Waals surface area contributed by atoms with Crippen molar-refractivity contribution in [3.8, 4) is 29.1 Å². The van der Waals surface area contributed by atoms with Crippen LogP contribution < -0.4 is 28.7 Å². The Morgan fingerprint density at radius 1 is 0.382 bits per heavy atom. The van der Waals surface area contributed by atoms with Gasteiger partial charge in [-0.15, -0.1) is 0 Å². The van der Waals surface area contributed by atoms with Gasteiger partial charge in [-0.05, 0) is 171 Å². The molecular formula is C60H46N4O4. The molecule has 0 radical (unpaired) electrons. The Morgan fingerprint density at radius 2 is 0.676 bits per heavy atom. The van der Waals surface area contributed by atoms with Gasteiger partial charge in [-0.2, -0.15) is 5.26 Å². The molecule has 68 heavy (non-hydrogen) atoms. The average Bonchev–Trinajstić information content (AvgIpc) is 3.40. The van der Waals surface area contributed by atoms with Gasteiger partial charge in [-0.1, -0.05) is 78.9 Å². The van der Waals surface area contributed by atoms with Crippen molar-refractivity contribution in [3.63, 3.8) is 0 Å². The lowest BCUT2D eigenvalue weighted by Crippen LogP contribution is -2.09. The molecule has 0 unspecified atom stereocenters. The second-order valence-corrected chi connectivity index (χ2v) is 15.9. The van der Waals surface area contributed by atoms with E-state index in [9.17, 15) is 5.26 Å². The second kappa shape index (κ2) is 19.9. The number of nitrogens with zero attached hydrogens (tertiary/aromatic N) is 4. The van der Waals surface area contributed by atoms with E-state index in [2.05, 4.69) is 81.4 Å². The highest BCUT2D eigenvalue weighted by atomic mass is 16.5. The van der Waals surface area contributed by atoms with E-state index in [-0.39, 0.29) is 0 Å². The molecule has 8 heteroatoms. The fourth-order valence-corrected chi connectivity index (χ4v) is 8.36. The van der Waals surface area contributed by atoms with Gasteiger partial charge in [0.15, 0.2) is 0 Å². The smallest absolute Gasteiger partial charge is 0.202 e. The van der Waals surface area contributed by atoms with Crippen LogP contribution in [0.1, 0.15) is 27.8 Å². The Hall–Kier alpha value is -9.24. The van der Waals surface area contributed by atoms with E-state index >= 15 is 0 Å². The van der Waals surface area contributed by atoms with Crippen molar-refractivity contribution in [2.75, 3.05) is 38.2 Å². The van der Waals surface area contributed by atoms with Crippen molar-refractivity contribution >= 4 is 85.7 Å². The number of anilines is 6. The minimum Gasteiger partial charge on any atom is -0.497 e. The largest absolute Gasteiger partial charge is 0.497 e. The summed E-state index contributed by atoms with van der Waals surface area (Å²) in [7, 11) is 6.65. The Kier molecular flexibility index (Phi) is 12.9. The van der Waals surface area contributed by atoms with E-state index in [1.54, 1.807) is 28.4 Å². The fourth-order valence-electron chi connectivity index (χ4n) is 8.36. The average molecular weight is 887 g/mol. The van der Waals surface area contributed by atoms with Crippen LogP contribution in [0.25, 0.3) is 50.7 Å². The number of fused-ring (bicyclic) bond motifs is 2. The topological polar surface area (TPSA) is 71.6 Å². The first-order chi connectivity index (χ1) is 33.4. The zero-order valence-electron chi connectivity index (χ0n) is 38.1. The normalized spacial score (nSPS) is 11.1. The van der Waals surface area contributed by atoms with Crippen LogP contribution in [-0.4, -0.2) is 28.4 Å². The summed E-state index contributed by atoms with van der Waals surface area (Å²) in [6, 6.07) is 63.0. The van der Waals surface area contributed by atoms with Gasteiger partial charge in [0.2, 0.25) is 5.69 Å². The van der Waals surface area contributed by atoms with Crippen LogP contribution in [-0.2, 0) is 0 Å². The molecule has 0 spiro atoms. The highest BCUT2D eigenvalue weighted by Crippen LogP contribution is 2.41. The van der Waals surface area contributed by atoms with Gasteiger partial charge < -0.3 is 28.7 Å². The van der Waals surface area contributed by atoms with Crippen LogP contribution in [0.2, 0.25) is 0 Å². The van der Waals surface area contributed by atoms with Crippen molar-refractivity contribution in [3.05, 3.63) is 221 Å². The molecular weight excluding hydrogens is 841 g/mol. The summed E-state index contributed by atoms with van der Waals surface area (Å²) in [5.74, 6) is 3.15. The predicted molar refractivity (Wildman–Crippen MR) is 279 cm³/mol. The van der Waals surface area contributed by atoms with Crippen molar-refractivity contribution < 1.29 is 18.9 Å². The molecule has 9 aromatic carbocycles. The summed E-state index contributed by atoms with van der Waals surface area (Å²) in [6.45, 7) is 8.28. The number of ether oxygens (including phenoxy) is 4. The predicted octanol–water partition coefficient (Wildman–Crippen LogP) is 15.7. The van der Waals surface area contributed by atoms with E-state index in [4.69, 9.17) is 25.5 Å². The number of hydrogen-bond acceptors (Lipinski definition) is 7. The zero-order valence-corrected chi connectivity index (χ0v) is 38.1. The zero-order chi connectivity index (χ0) is 47.0. The first-order valence-corrected chi connectivity index (χ1v) is 21.9. The highest BCUT2D eigenvalue weighted by Gasteiger charge is 2.17. The van der Waals surface area contributed by atoms with E-state index in [0.29, 0.717) is 11.3 Å². The molecule has 9 aromatic rings. The highest BCUT2D eigenvalue weighted by molar-refractivity contribution is 6.16. The van der Waals surface area contributed by atoms with E-state index < -0.39 is 0 Å². The molecule has 0 N–H and O–H groups in total. The number of rotatable bonds is 14. The third-order valence-electron chi connectivity index (χ3n) is 11.9. The lowest BCUT2D eigenvalue weighted by Gasteiger charge is -2.26. The van der Waals surface area contributed by atoms with E-state index in [1.807, 2.05) is 146 Å². The number of methoxy groups -OCH3 is 4. The quantitative estimate of drug-likeness (QED) is 0.0612. The summed E-state index contributed by atoms with van der Waals surface area (Å²) in [6.07, 6.45) is 8.20. The molecule has 0 amide bonds. The maximum Gasteiger partial charge on any atom is 0.202 e. The van der Waals surface area contributed by atoms with Gasteiger partial charge in [0.25, 0.3) is 0 Å². The summed E-state index contributed by atoms with van der Waals surface area (Å²) >= 11 is 0. The Balaban J connectivity index is 0.964. The van der Waals surface area contributed by atoms with Gasteiger partial charge in [0, 0.05) is 34.1 Å². The minimum absolute atomic E-state index is 0.523. The van der Waals surface area contributed by atoms with Crippen LogP contribution in [0.3, 0.4) is 0 Å². The SMILES string of the molecule is [C-]#[N+]c1c2ccc(/C=C/c3ccc(N(c4ccc(OC)cc4)c4ccc(OC)cc4)cc3)cc2c(C#N)c2ccc(/C=C/c3ccc(N(c4ccc(OC)cc4)c4ccc(OC)cc4)cc3)cc12. The molecule has 0 bridgehead atoms. The first-order valence-electron chi connectivity index (χ1n) is 21.9. The van der Waals surface area contributed by atoms with Crippen LogP contribution in [0.4, 0.5) is 39.8 Å². The Bertz CT molecular complexity index is 3040. The van der Waals surface area contributed by atoms with Crippen LogP contribution in [0.5, 0.6) is 23.0 Å². The van der Waals surface area contributed by atoms with E-state index in [0.717, 1.165) is 101 Å². The molecule has 330 valence electrons. The fraction of sp³-hybridized carbons (Fsp3) is 0.0667. The Morgan fingerprint density at radius 3 is 1.00 bits per heavy atom. The number of benzene rings is 9. The Labute approximate surface area is 396 Å². The van der Waals surface area contributed by atoms with Gasteiger partial charge in [0.05, 0.1) is 40.6 Å². The van der Waals surface area contributed by atoms with Crippen LogP contribution >= 0.6 is 0 Å². The van der Waals surface area contributed by atoms with Crippen molar-refractivity contribution in [1.29, 1.82) is 5.26 Å². The lowest BCUT2D eigenvalue weighted by atomic mass is 9.93. The van der Waals surface area contributed by atoms with Gasteiger partial charge >= 0.3 is 0 Å².